The molecule has 1 unspecified atom stereocenters. The Morgan fingerprint density at radius 2 is 1.32 bits per heavy atom. The fraction of sp³-hybridized carbons (Fsp3) is 0.226. The number of hydrogen-bond acceptors (Lipinski definition) is 5. The van der Waals surface area contributed by atoms with E-state index < -0.39 is 10.1 Å². The van der Waals surface area contributed by atoms with Crippen LogP contribution in [-0.4, -0.2) is 15.0 Å². The van der Waals surface area contributed by atoms with Gasteiger partial charge in [-0.05, 0) is 60.7 Å². The summed E-state index contributed by atoms with van der Waals surface area (Å²) >= 11 is 0. The van der Waals surface area contributed by atoms with Crippen molar-refractivity contribution in [2.24, 2.45) is 0 Å². The van der Waals surface area contributed by atoms with E-state index >= 15 is 0 Å². The van der Waals surface area contributed by atoms with Gasteiger partial charge in [-0.15, -0.1) is 0 Å². The summed E-state index contributed by atoms with van der Waals surface area (Å²) in [4.78, 5) is 0.161. The van der Waals surface area contributed by atoms with E-state index in [-0.39, 0.29) is 17.4 Å². The molecule has 5 nitrogen and oxygen atoms in total. The average molecular weight is 517 g/mol. The molecule has 0 N–H and O–H groups in total. The van der Waals surface area contributed by atoms with Gasteiger partial charge in [-0.3, -0.25) is 4.18 Å². The van der Waals surface area contributed by atoms with Crippen LogP contribution >= 0.6 is 0 Å². The van der Waals surface area contributed by atoms with Gasteiger partial charge >= 0.3 is 0 Å². The SMILES string of the molecule is Cc1ccc(S(=O)(=O)OCCC(C)c2cc(OCc3ccccc3)ccc2OCc2ccccc2)cc1. The summed E-state index contributed by atoms with van der Waals surface area (Å²) in [6.07, 6.45) is 0.495. The van der Waals surface area contributed by atoms with Gasteiger partial charge in [0.05, 0.1) is 11.5 Å². The predicted octanol–water partition coefficient (Wildman–Crippen LogP) is 7.05. The molecule has 0 heterocycles. The van der Waals surface area contributed by atoms with E-state index in [0.717, 1.165) is 33.8 Å². The molecule has 0 bridgehead atoms. The molecule has 0 fully saturated rings. The molecule has 0 radical (unpaired) electrons. The molecule has 4 aromatic carbocycles. The van der Waals surface area contributed by atoms with E-state index in [4.69, 9.17) is 13.7 Å². The molecular formula is C31H32O5S. The second-order valence-electron chi connectivity index (χ2n) is 9.03. The normalized spacial score (nSPS) is 12.2. The Kier molecular flexibility index (Phi) is 8.99. The van der Waals surface area contributed by atoms with Crippen molar-refractivity contribution in [2.45, 2.75) is 44.3 Å². The molecule has 6 heteroatoms. The third-order valence-electron chi connectivity index (χ3n) is 6.10. The van der Waals surface area contributed by atoms with Crippen molar-refractivity contribution < 1.29 is 22.1 Å². The summed E-state index contributed by atoms with van der Waals surface area (Å²) in [7, 11) is -3.81. The van der Waals surface area contributed by atoms with Crippen LogP contribution in [0.15, 0.2) is 108 Å². The molecule has 4 aromatic rings. The van der Waals surface area contributed by atoms with Gasteiger partial charge < -0.3 is 9.47 Å². The lowest BCUT2D eigenvalue weighted by Crippen LogP contribution is -2.10. The van der Waals surface area contributed by atoms with Gasteiger partial charge in [0, 0.05) is 5.56 Å². The molecule has 192 valence electrons. The van der Waals surface area contributed by atoms with Crippen molar-refractivity contribution in [3.05, 3.63) is 125 Å². The van der Waals surface area contributed by atoms with Crippen LogP contribution in [0.5, 0.6) is 11.5 Å². The fourth-order valence-electron chi connectivity index (χ4n) is 3.87. The van der Waals surface area contributed by atoms with Crippen molar-refractivity contribution in [2.75, 3.05) is 6.61 Å². The summed E-state index contributed by atoms with van der Waals surface area (Å²) in [5, 5.41) is 0. The topological polar surface area (TPSA) is 61.8 Å². The van der Waals surface area contributed by atoms with Gasteiger partial charge in [0.1, 0.15) is 24.7 Å². The first kappa shape index (κ1) is 26.5. The second kappa shape index (κ2) is 12.6. The molecule has 0 aliphatic carbocycles. The van der Waals surface area contributed by atoms with E-state index in [1.54, 1.807) is 24.3 Å². The van der Waals surface area contributed by atoms with Crippen LogP contribution in [-0.2, 0) is 27.5 Å². The minimum atomic E-state index is -3.81. The van der Waals surface area contributed by atoms with E-state index in [2.05, 4.69) is 0 Å². The summed E-state index contributed by atoms with van der Waals surface area (Å²) < 4.78 is 42.8. The summed E-state index contributed by atoms with van der Waals surface area (Å²) in [6.45, 7) is 4.89. The van der Waals surface area contributed by atoms with Crippen molar-refractivity contribution in [1.29, 1.82) is 0 Å². The molecule has 37 heavy (non-hydrogen) atoms. The smallest absolute Gasteiger partial charge is 0.296 e. The number of hydrogen-bond donors (Lipinski definition) is 0. The lowest BCUT2D eigenvalue weighted by molar-refractivity contribution is 0.284. The van der Waals surface area contributed by atoms with Crippen LogP contribution in [0.2, 0.25) is 0 Å². The molecular weight excluding hydrogens is 484 g/mol. The van der Waals surface area contributed by atoms with Gasteiger partial charge in [0.25, 0.3) is 10.1 Å². The lowest BCUT2D eigenvalue weighted by atomic mass is 9.97. The second-order valence-corrected chi connectivity index (χ2v) is 10.6. The third-order valence-corrected chi connectivity index (χ3v) is 7.42. The monoisotopic (exact) mass is 516 g/mol. The maximum absolute atomic E-state index is 12.6. The maximum Gasteiger partial charge on any atom is 0.296 e. The van der Waals surface area contributed by atoms with Gasteiger partial charge in [-0.2, -0.15) is 8.42 Å². The van der Waals surface area contributed by atoms with Crippen molar-refractivity contribution in [3.8, 4) is 11.5 Å². The maximum atomic E-state index is 12.6. The van der Waals surface area contributed by atoms with Crippen molar-refractivity contribution in [1.82, 2.24) is 0 Å². The third kappa shape index (κ3) is 7.68. The van der Waals surface area contributed by atoms with E-state index in [1.165, 1.54) is 0 Å². The summed E-state index contributed by atoms with van der Waals surface area (Å²) in [6, 6.07) is 32.4. The molecule has 0 aliphatic heterocycles. The zero-order chi connectivity index (χ0) is 26.1. The highest BCUT2D eigenvalue weighted by molar-refractivity contribution is 7.86. The highest BCUT2D eigenvalue weighted by atomic mass is 32.2. The van der Waals surface area contributed by atoms with Crippen molar-refractivity contribution in [3.63, 3.8) is 0 Å². The zero-order valence-corrected chi connectivity index (χ0v) is 22.0. The molecule has 0 amide bonds. The first-order valence-corrected chi connectivity index (χ1v) is 13.7. The highest BCUT2D eigenvalue weighted by Gasteiger charge is 2.18. The van der Waals surface area contributed by atoms with Crippen LogP contribution in [0.1, 0.15) is 41.5 Å². The number of aryl methyl sites for hydroxylation is 1. The van der Waals surface area contributed by atoms with Crippen LogP contribution in [0.25, 0.3) is 0 Å². The Morgan fingerprint density at radius 1 is 0.730 bits per heavy atom. The minimum absolute atomic E-state index is 0.0285. The number of benzene rings is 4. The van der Waals surface area contributed by atoms with E-state index in [0.29, 0.717) is 19.6 Å². The molecule has 0 saturated heterocycles. The Hall–Kier alpha value is -3.61. The highest BCUT2D eigenvalue weighted by Crippen LogP contribution is 2.33. The summed E-state index contributed by atoms with van der Waals surface area (Å²) in [5.41, 5.74) is 4.08. The largest absolute Gasteiger partial charge is 0.489 e. The molecule has 4 rings (SSSR count). The Labute approximate surface area is 219 Å². The first-order valence-electron chi connectivity index (χ1n) is 12.3. The molecule has 0 aromatic heterocycles. The van der Waals surface area contributed by atoms with Crippen LogP contribution < -0.4 is 9.47 Å². The molecule has 0 aliphatic rings. The zero-order valence-electron chi connectivity index (χ0n) is 21.2. The Morgan fingerprint density at radius 3 is 1.95 bits per heavy atom. The molecule has 1 atom stereocenters. The number of rotatable bonds is 12. The lowest BCUT2D eigenvalue weighted by Gasteiger charge is -2.19. The standard InChI is InChI=1S/C31H32O5S/c1-24-13-16-29(17-14-24)37(32,33)36-20-19-25(2)30-21-28(34-22-26-9-5-3-6-10-26)15-18-31(30)35-23-27-11-7-4-8-12-27/h3-18,21,25H,19-20,22-23H2,1-2H3. The van der Waals surface area contributed by atoms with E-state index in [1.807, 2.05) is 92.7 Å². The van der Waals surface area contributed by atoms with Gasteiger partial charge in [-0.25, -0.2) is 0 Å². The van der Waals surface area contributed by atoms with Gasteiger partial charge in [0.15, 0.2) is 0 Å². The van der Waals surface area contributed by atoms with Crippen LogP contribution in [0, 0.1) is 6.92 Å². The minimum Gasteiger partial charge on any atom is -0.489 e. The quantitative estimate of drug-likeness (QED) is 0.189. The van der Waals surface area contributed by atoms with Gasteiger partial charge in [-0.1, -0.05) is 85.3 Å². The van der Waals surface area contributed by atoms with Crippen LogP contribution in [0.4, 0.5) is 0 Å². The summed E-state index contributed by atoms with van der Waals surface area (Å²) in [5.74, 6) is 1.44. The van der Waals surface area contributed by atoms with Crippen LogP contribution in [0.3, 0.4) is 0 Å². The predicted molar refractivity (Wildman–Crippen MR) is 145 cm³/mol. The van der Waals surface area contributed by atoms with Crippen molar-refractivity contribution >= 4 is 10.1 Å². The fourth-order valence-corrected chi connectivity index (χ4v) is 4.79. The van der Waals surface area contributed by atoms with Gasteiger partial charge in [0.2, 0.25) is 0 Å². The molecule has 0 saturated carbocycles. The Balaban J connectivity index is 1.46. The first-order chi connectivity index (χ1) is 17.9. The van der Waals surface area contributed by atoms with E-state index in [9.17, 15) is 8.42 Å². The Bertz CT molecular complexity index is 1370. The number of ether oxygens (including phenoxy) is 2. The average Bonchev–Trinajstić information content (AvgIpc) is 2.92. The molecule has 0 spiro atoms.